The maximum atomic E-state index is 12.2. The van der Waals surface area contributed by atoms with E-state index >= 15 is 0 Å². The van der Waals surface area contributed by atoms with Crippen LogP contribution in [0.3, 0.4) is 0 Å². The van der Waals surface area contributed by atoms with E-state index in [-0.39, 0.29) is 0 Å². The van der Waals surface area contributed by atoms with Gasteiger partial charge in [0.2, 0.25) is 0 Å². The van der Waals surface area contributed by atoms with Crippen molar-refractivity contribution in [2.24, 2.45) is 0 Å². The third-order valence-corrected chi connectivity index (χ3v) is 1.78. The third-order valence-electron chi connectivity index (χ3n) is 1.78. The maximum Gasteiger partial charge on any atom is 0.437 e. The molecule has 0 bridgehead atoms. The molecule has 1 aromatic heterocycles. The molecule has 0 fully saturated rings. The second-order valence-corrected chi connectivity index (χ2v) is 2.93. The van der Waals surface area contributed by atoms with Crippen LogP contribution in [-0.4, -0.2) is 20.9 Å². The summed E-state index contributed by atoms with van der Waals surface area (Å²) >= 11 is 0. The summed E-state index contributed by atoms with van der Waals surface area (Å²) in [4.78, 5) is 10.5. The van der Waals surface area contributed by atoms with E-state index in [1.54, 1.807) is 0 Å². The number of nitrogens with zero attached hydrogens (tertiary/aromatic N) is 2. The molecule has 0 aliphatic heterocycles. The highest BCUT2D eigenvalue weighted by Gasteiger charge is 2.37. The number of aromatic nitrogens is 2. The van der Waals surface area contributed by atoms with Gasteiger partial charge in [0, 0.05) is 6.20 Å². The molecule has 1 aromatic rings. The minimum atomic E-state index is -4.67. The smallest absolute Gasteiger partial charge is 0.437 e. The van der Waals surface area contributed by atoms with Gasteiger partial charge in [-0.2, -0.15) is 18.3 Å². The lowest BCUT2D eigenvalue weighted by Gasteiger charge is -2.06. The first-order valence-electron chi connectivity index (χ1n) is 3.88. The number of carboxylic acid groups (broad SMARTS) is 1. The van der Waals surface area contributed by atoms with Gasteiger partial charge < -0.3 is 10.8 Å². The predicted molar refractivity (Wildman–Crippen MR) is 44.0 cm³/mol. The molecule has 0 unspecified atom stereocenters. The number of hydrogen-bond acceptors (Lipinski definition) is 3. The maximum absolute atomic E-state index is 12.2. The van der Waals surface area contributed by atoms with Crippen molar-refractivity contribution in [1.29, 1.82) is 0 Å². The zero-order valence-electron chi connectivity index (χ0n) is 7.62. The van der Waals surface area contributed by atoms with Crippen LogP contribution in [0.25, 0.3) is 0 Å². The molecule has 84 valence electrons. The number of nitrogens with two attached hydrogens (primary N) is 1. The van der Waals surface area contributed by atoms with Crippen molar-refractivity contribution in [3.63, 3.8) is 0 Å². The largest absolute Gasteiger partial charge is 0.480 e. The molecule has 1 atom stereocenters. The van der Waals surface area contributed by atoms with Crippen molar-refractivity contribution >= 4 is 11.7 Å². The molecule has 0 saturated carbocycles. The quantitative estimate of drug-likeness (QED) is 0.787. The zero-order valence-corrected chi connectivity index (χ0v) is 7.62. The molecule has 3 N–H and O–H groups in total. The van der Waals surface area contributed by atoms with E-state index in [1.165, 1.54) is 6.92 Å². The number of anilines is 1. The molecular weight excluding hydrogens is 215 g/mol. The Morgan fingerprint density at radius 2 is 2.20 bits per heavy atom. The van der Waals surface area contributed by atoms with Gasteiger partial charge in [-0.25, -0.2) is 4.79 Å². The second-order valence-electron chi connectivity index (χ2n) is 2.93. The van der Waals surface area contributed by atoms with Crippen molar-refractivity contribution in [2.75, 3.05) is 5.73 Å². The zero-order chi connectivity index (χ0) is 11.8. The van der Waals surface area contributed by atoms with Crippen molar-refractivity contribution in [3.8, 4) is 0 Å². The molecule has 5 nitrogen and oxygen atoms in total. The van der Waals surface area contributed by atoms with Crippen LogP contribution >= 0.6 is 0 Å². The molecule has 0 amide bonds. The number of hydrogen-bond donors (Lipinski definition) is 2. The lowest BCUT2D eigenvalue weighted by Crippen LogP contribution is -2.17. The molecule has 15 heavy (non-hydrogen) atoms. The molecule has 0 radical (unpaired) electrons. The van der Waals surface area contributed by atoms with Gasteiger partial charge in [-0.3, -0.25) is 4.68 Å². The summed E-state index contributed by atoms with van der Waals surface area (Å²) in [6, 6.07) is -1.19. The van der Waals surface area contributed by atoms with Gasteiger partial charge in [0.05, 0.1) is 5.69 Å². The van der Waals surface area contributed by atoms with E-state index in [2.05, 4.69) is 5.10 Å². The number of rotatable bonds is 2. The van der Waals surface area contributed by atoms with Crippen LogP contribution < -0.4 is 5.73 Å². The number of halogens is 3. The Bertz CT molecular complexity index is 385. The molecule has 0 aliphatic rings. The van der Waals surface area contributed by atoms with E-state index in [0.29, 0.717) is 4.68 Å². The van der Waals surface area contributed by atoms with Crippen LogP contribution in [0, 0.1) is 0 Å². The summed E-state index contributed by atoms with van der Waals surface area (Å²) in [6.45, 7) is 1.20. The second kappa shape index (κ2) is 3.44. The number of carbonyl (C=O) groups is 1. The van der Waals surface area contributed by atoms with Gasteiger partial charge in [0.1, 0.15) is 6.04 Å². The fourth-order valence-electron chi connectivity index (χ4n) is 0.938. The average molecular weight is 223 g/mol. The number of nitrogen functional groups attached to an aromatic ring is 1. The molecule has 0 spiro atoms. The summed E-state index contributed by atoms with van der Waals surface area (Å²) in [6.07, 6.45) is -3.82. The Morgan fingerprint density at radius 3 is 2.53 bits per heavy atom. The molecule has 0 aliphatic carbocycles. The van der Waals surface area contributed by atoms with Crippen LogP contribution in [0.15, 0.2) is 6.20 Å². The number of carboxylic acids is 1. The lowest BCUT2D eigenvalue weighted by molar-refractivity contribution is -0.144. The van der Waals surface area contributed by atoms with E-state index < -0.39 is 29.6 Å². The van der Waals surface area contributed by atoms with Crippen molar-refractivity contribution in [2.45, 2.75) is 19.1 Å². The number of alkyl halides is 3. The summed E-state index contributed by atoms with van der Waals surface area (Å²) in [5.74, 6) is -1.29. The van der Waals surface area contributed by atoms with E-state index in [1.807, 2.05) is 0 Å². The van der Waals surface area contributed by atoms with Crippen LogP contribution in [0.5, 0.6) is 0 Å². The molecular formula is C7H8F3N3O2. The van der Waals surface area contributed by atoms with Gasteiger partial charge in [-0.1, -0.05) is 0 Å². The summed E-state index contributed by atoms with van der Waals surface area (Å²) in [5.41, 5.74) is 3.21. The topological polar surface area (TPSA) is 81.1 Å². The molecule has 8 heteroatoms. The Morgan fingerprint density at radius 1 is 1.67 bits per heavy atom. The Kier molecular flexibility index (Phi) is 2.61. The lowest BCUT2D eigenvalue weighted by atomic mass is 10.3. The van der Waals surface area contributed by atoms with Gasteiger partial charge in [0.15, 0.2) is 5.69 Å². The van der Waals surface area contributed by atoms with Gasteiger partial charge in [0.25, 0.3) is 0 Å². The first-order chi connectivity index (χ1) is 6.73. The summed E-state index contributed by atoms with van der Waals surface area (Å²) in [7, 11) is 0. The Hall–Kier alpha value is -1.73. The van der Waals surface area contributed by atoms with E-state index in [0.717, 1.165) is 6.20 Å². The minimum absolute atomic E-state index is 0.587. The van der Waals surface area contributed by atoms with Crippen LogP contribution in [0.2, 0.25) is 0 Å². The first kappa shape index (κ1) is 11.3. The predicted octanol–water partition coefficient (Wildman–Crippen LogP) is 1.13. The van der Waals surface area contributed by atoms with Gasteiger partial charge in [-0.05, 0) is 6.92 Å². The Balaban J connectivity index is 3.11. The highest BCUT2D eigenvalue weighted by atomic mass is 19.4. The molecule has 0 saturated heterocycles. The standard InChI is InChI=1S/C7H8F3N3O2/c1-3(6(14)15)13-2-4(11)5(12-13)7(8,9)10/h2-3H,11H2,1H3,(H,14,15)/t3-/m0/s1. The monoisotopic (exact) mass is 223 g/mol. The third kappa shape index (κ3) is 2.20. The molecule has 1 rings (SSSR count). The van der Waals surface area contributed by atoms with Crippen molar-refractivity contribution < 1.29 is 23.1 Å². The SMILES string of the molecule is C[C@@H](C(=O)O)n1cc(N)c(C(F)(F)F)n1. The van der Waals surface area contributed by atoms with Gasteiger partial charge in [-0.15, -0.1) is 0 Å². The average Bonchev–Trinajstić information content (AvgIpc) is 2.44. The molecule has 1 heterocycles. The summed E-state index contributed by atoms with van der Waals surface area (Å²) < 4.78 is 37.3. The highest BCUT2D eigenvalue weighted by molar-refractivity contribution is 5.71. The van der Waals surface area contributed by atoms with Crippen LogP contribution in [0.4, 0.5) is 18.9 Å². The van der Waals surface area contributed by atoms with Crippen molar-refractivity contribution in [1.82, 2.24) is 9.78 Å². The normalized spacial score (nSPS) is 13.9. The highest BCUT2D eigenvalue weighted by Crippen LogP contribution is 2.32. The van der Waals surface area contributed by atoms with E-state index in [9.17, 15) is 18.0 Å². The summed E-state index contributed by atoms with van der Waals surface area (Å²) in [5, 5.41) is 11.6. The van der Waals surface area contributed by atoms with Crippen LogP contribution in [0.1, 0.15) is 18.7 Å². The fraction of sp³-hybridized carbons (Fsp3) is 0.429. The van der Waals surface area contributed by atoms with Crippen molar-refractivity contribution in [3.05, 3.63) is 11.9 Å². The fourth-order valence-corrected chi connectivity index (χ4v) is 0.938. The number of aliphatic carboxylic acids is 1. The first-order valence-corrected chi connectivity index (χ1v) is 3.88. The minimum Gasteiger partial charge on any atom is -0.480 e. The van der Waals surface area contributed by atoms with Crippen LogP contribution in [-0.2, 0) is 11.0 Å². The van der Waals surface area contributed by atoms with E-state index in [4.69, 9.17) is 10.8 Å². The molecule has 0 aromatic carbocycles. The van der Waals surface area contributed by atoms with Gasteiger partial charge >= 0.3 is 12.1 Å². The Labute approximate surface area is 82.3 Å².